The van der Waals surface area contributed by atoms with E-state index in [4.69, 9.17) is 0 Å². The van der Waals surface area contributed by atoms with E-state index >= 15 is 0 Å². The van der Waals surface area contributed by atoms with Crippen molar-refractivity contribution in [1.29, 1.82) is 0 Å². The molecule has 3 aromatic heterocycles. The van der Waals surface area contributed by atoms with E-state index in [2.05, 4.69) is 15.4 Å². The highest BCUT2D eigenvalue weighted by molar-refractivity contribution is 6.07. The molecule has 0 amide bonds. The van der Waals surface area contributed by atoms with Crippen molar-refractivity contribution in [3.63, 3.8) is 0 Å². The van der Waals surface area contributed by atoms with Crippen LogP contribution in [-0.4, -0.2) is 30.4 Å². The summed E-state index contributed by atoms with van der Waals surface area (Å²) >= 11 is 0. The van der Waals surface area contributed by atoms with E-state index in [0.29, 0.717) is 29.9 Å². The third kappa shape index (κ3) is 3.41. The van der Waals surface area contributed by atoms with Crippen molar-refractivity contribution in [2.75, 3.05) is 5.32 Å². The molecule has 32 heavy (non-hydrogen) atoms. The van der Waals surface area contributed by atoms with E-state index in [-0.39, 0.29) is 17.3 Å². The van der Waals surface area contributed by atoms with E-state index in [1.807, 2.05) is 50.7 Å². The minimum Gasteiger partial charge on any atom is -0.476 e. The van der Waals surface area contributed by atoms with Gasteiger partial charge in [0.25, 0.3) is 5.56 Å². The number of carboxylic acids is 1. The predicted octanol–water partition coefficient (Wildman–Crippen LogP) is 4.27. The summed E-state index contributed by atoms with van der Waals surface area (Å²) in [6, 6.07) is 7.19. The third-order valence-electron chi connectivity index (χ3n) is 5.82. The quantitative estimate of drug-likeness (QED) is 0.471. The Morgan fingerprint density at radius 1 is 1.16 bits per heavy atom. The number of anilines is 1. The van der Waals surface area contributed by atoms with Crippen molar-refractivity contribution >= 4 is 33.5 Å². The molecule has 4 rings (SSSR count). The Kier molecular flexibility index (Phi) is 5.46. The monoisotopic (exact) mass is 433 g/mol. The van der Waals surface area contributed by atoms with E-state index < -0.39 is 5.97 Å². The second-order valence-electron chi connectivity index (χ2n) is 8.04. The first kappa shape index (κ1) is 21.5. The molecule has 4 aromatic rings. The summed E-state index contributed by atoms with van der Waals surface area (Å²) < 4.78 is 3.61. The summed E-state index contributed by atoms with van der Waals surface area (Å²) in [5.74, 6) is -1.09. The zero-order valence-corrected chi connectivity index (χ0v) is 18.9. The molecule has 0 aliphatic carbocycles. The van der Waals surface area contributed by atoms with Crippen LogP contribution >= 0.6 is 0 Å². The van der Waals surface area contributed by atoms with Gasteiger partial charge in [0.2, 0.25) is 0 Å². The smallest absolute Gasteiger partial charge is 0.356 e. The lowest BCUT2D eigenvalue weighted by Crippen LogP contribution is -2.23. The van der Waals surface area contributed by atoms with Gasteiger partial charge in [0.15, 0.2) is 5.69 Å². The molecule has 0 spiro atoms. The Morgan fingerprint density at radius 2 is 1.91 bits per heavy atom. The van der Waals surface area contributed by atoms with Crippen molar-refractivity contribution in [2.45, 2.75) is 53.8 Å². The van der Waals surface area contributed by atoms with Crippen LogP contribution in [0.2, 0.25) is 0 Å². The molecule has 8 heteroatoms. The average molecular weight is 434 g/mol. The van der Waals surface area contributed by atoms with E-state index in [1.165, 1.54) is 0 Å². The molecule has 1 atom stereocenters. The Labute approximate surface area is 185 Å². The first-order chi connectivity index (χ1) is 15.3. The number of pyridine rings is 2. The van der Waals surface area contributed by atoms with Crippen LogP contribution in [0.15, 0.2) is 35.3 Å². The minimum absolute atomic E-state index is 0.0221. The molecule has 3 heterocycles. The van der Waals surface area contributed by atoms with Gasteiger partial charge in [-0.25, -0.2) is 14.5 Å². The molecule has 166 valence electrons. The van der Waals surface area contributed by atoms with Crippen LogP contribution < -0.4 is 10.9 Å². The maximum absolute atomic E-state index is 13.4. The fourth-order valence-electron chi connectivity index (χ4n) is 4.38. The maximum atomic E-state index is 13.4. The zero-order valence-electron chi connectivity index (χ0n) is 18.9. The van der Waals surface area contributed by atoms with Gasteiger partial charge in [-0.15, -0.1) is 0 Å². The van der Waals surface area contributed by atoms with Crippen LogP contribution in [-0.2, 0) is 13.1 Å². The Morgan fingerprint density at radius 3 is 2.56 bits per heavy atom. The molecular formula is C24H27N5O3. The van der Waals surface area contributed by atoms with Gasteiger partial charge in [-0.2, -0.15) is 5.10 Å². The molecule has 0 radical (unpaired) electrons. The number of fused-ring (bicyclic) bond motifs is 3. The van der Waals surface area contributed by atoms with Gasteiger partial charge in [-0.3, -0.25) is 9.36 Å². The number of carboxylic acid groups (broad SMARTS) is 1. The SMILES string of the molecule is CCn1ncc2c3c(C(C)Nc4ccc(C)nc4C(=O)O)cc(C)cc3c(=O)n(CC)c21. The van der Waals surface area contributed by atoms with Gasteiger partial charge < -0.3 is 10.4 Å². The number of aryl methyl sites for hydroxylation is 4. The van der Waals surface area contributed by atoms with Crippen LogP contribution in [0.4, 0.5) is 5.69 Å². The third-order valence-corrected chi connectivity index (χ3v) is 5.82. The predicted molar refractivity (Wildman–Crippen MR) is 126 cm³/mol. The molecule has 1 unspecified atom stereocenters. The van der Waals surface area contributed by atoms with Crippen LogP contribution in [0.5, 0.6) is 0 Å². The minimum atomic E-state index is -1.09. The molecule has 0 bridgehead atoms. The van der Waals surface area contributed by atoms with Crippen LogP contribution in [0.3, 0.4) is 0 Å². The number of aromatic carboxylic acids is 1. The second-order valence-corrected chi connectivity index (χ2v) is 8.04. The Bertz CT molecular complexity index is 1420. The summed E-state index contributed by atoms with van der Waals surface area (Å²) in [7, 11) is 0. The summed E-state index contributed by atoms with van der Waals surface area (Å²) in [5, 5.41) is 19.8. The first-order valence-electron chi connectivity index (χ1n) is 10.8. The molecule has 0 aliphatic heterocycles. The van der Waals surface area contributed by atoms with Crippen LogP contribution in [0.25, 0.3) is 21.8 Å². The highest BCUT2D eigenvalue weighted by Gasteiger charge is 2.21. The summed E-state index contributed by atoms with van der Waals surface area (Å²) in [6.45, 7) is 10.8. The number of nitrogens with one attached hydrogen (secondary N) is 1. The number of aromatic nitrogens is 4. The molecule has 0 saturated carbocycles. The molecule has 1 aromatic carbocycles. The number of carbonyl (C=O) groups is 1. The second kappa shape index (κ2) is 8.11. The number of hydrogen-bond acceptors (Lipinski definition) is 5. The molecule has 0 saturated heterocycles. The van der Waals surface area contributed by atoms with Crippen molar-refractivity contribution in [3.8, 4) is 0 Å². The van der Waals surface area contributed by atoms with E-state index in [1.54, 1.807) is 23.6 Å². The normalized spacial score (nSPS) is 12.4. The zero-order chi connectivity index (χ0) is 23.2. The molecule has 2 N–H and O–H groups in total. The molecule has 8 nitrogen and oxygen atoms in total. The van der Waals surface area contributed by atoms with Gasteiger partial charge in [0.1, 0.15) is 5.65 Å². The van der Waals surface area contributed by atoms with Crippen molar-refractivity contribution in [1.82, 2.24) is 19.3 Å². The summed E-state index contributed by atoms with van der Waals surface area (Å²) in [6.07, 6.45) is 1.81. The number of nitrogens with zero attached hydrogens (tertiary/aromatic N) is 4. The van der Waals surface area contributed by atoms with Gasteiger partial charge in [0.05, 0.1) is 11.9 Å². The van der Waals surface area contributed by atoms with Gasteiger partial charge in [-0.1, -0.05) is 6.07 Å². The van der Waals surface area contributed by atoms with E-state index in [9.17, 15) is 14.7 Å². The van der Waals surface area contributed by atoms with E-state index in [0.717, 1.165) is 27.5 Å². The number of hydrogen-bond donors (Lipinski definition) is 2. The highest BCUT2D eigenvalue weighted by atomic mass is 16.4. The molecule has 0 fully saturated rings. The van der Waals surface area contributed by atoms with Crippen molar-refractivity contribution < 1.29 is 9.90 Å². The van der Waals surface area contributed by atoms with Gasteiger partial charge in [-0.05, 0) is 63.9 Å². The lowest BCUT2D eigenvalue weighted by molar-refractivity contribution is 0.0691. The maximum Gasteiger partial charge on any atom is 0.356 e. The standard InChI is InChI=1S/C24H27N5O3/c1-6-28-22-18(12-25-29(22)7-2)20-16(10-13(3)11-17(20)23(28)30)15(5)27-19-9-8-14(4)26-21(19)24(31)32/h8-12,15,27H,6-7H2,1-5H3,(H,31,32). The highest BCUT2D eigenvalue weighted by Crippen LogP contribution is 2.33. The molecular weight excluding hydrogens is 406 g/mol. The van der Waals surface area contributed by atoms with Crippen molar-refractivity contribution in [2.24, 2.45) is 0 Å². The number of benzene rings is 1. The fourth-order valence-corrected chi connectivity index (χ4v) is 4.38. The van der Waals surface area contributed by atoms with Crippen molar-refractivity contribution in [3.05, 3.63) is 63.3 Å². The van der Waals surface area contributed by atoms with Gasteiger partial charge >= 0.3 is 5.97 Å². The van der Waals surface area contributed by atoms with Gasteiger partial charge in [0, 0.05) is 41.0 Å². The summed E-state index contributed by atoms with van der Waals surface area (Å²) in [5.41, 5.74) is 3.68. The largest absolute Gasteiger partial charge is 0.476 e. The Hall–Kier alpha value is -3.68. The topological polar surface area (TPSA) is 102 Å². The summed E-state index contributed by atoms with van der Waals surface area (Å²) in [4.78, 5) is 29.3. The Balaban J connectivity index is 1.98. The molecule has 0 aliphatic rings. The lowest BCUT2D eigenvalue weighted by Gasteiger charge is -2.21. The van der Waals surface area contributed by atoms with Crippen LogP contribution in [0.1, 0.15) is 54.1 Å². The number of rotatable bonds is 6. The van der Waals surface area contributed by atoms with Crippen LogP contribution in [0, 0.1) is 13.8 Å². The fraction of sp³-hybridized carbons (Fsp3) is 0.333. The lowest BCUT2D eigenvalue weighted by atomic mass is 9.95. The average Bonchev–Trinajstić information content (AvgIpc) is 3.18. The first-order valence-corrected chi connectivity index (χ1v) is 10.8.